The van der Waals surface area contributed by atoms with Crippen LogP contribution in [0.15, 0.2) is 71.8 Å². The summed E-state index contributed by atoms with van der Waals surface area (Å²) in [5, 5.41) is 9.89. The average Bonchev–Trinajstić information content (AvgIpc) is 2.86. The Labute approximate surface area is 222 Å². The number of nitrogens with zero attached hydrogens (tertiary/aromatic N) is 1. The molecule has 36 heavy (non-hydrogen) atoms. The van der Waals surface area contributed by atoms with E-state index in [1.807, 2.05) is 30.3 Å². The van der Waals surface area contributed by atoms with Gasteiger partial charge in [0, 0.05) is 10.6 Å². The van der Waals surface area contributed by atoms with Gasteiger partial charge in [0.1, 0.15) is 5.75 Å². The molecule has 0 saturated heterocycles. The minimum Gasteiger partial charge on any atom is -0.483 e. The molecule has 0 aliphatic rings. The molecule has 0 unspecified atom stereocenters. The lowest BCUT2D eigenvalue weighted by Gasteiger charge is -2.13. The van der Waals surface area contributed by atoms with Crippen LogP contribution in [0.2, 0.25) is 15.1 Å². The van der Waals surface area contributed by atoms with Gasteiger partial charge in [-0.1, -0.05) is 71.2 Å². The first-order chi connectivity index (χ1) is 17.2. The Morgan fingerprint density at radius 3 is 2.47 bits per heavy atom. The largest absolute Gasteiger partial charge is 0.483 e. The summed E-state index contributed by atoms with van der Waals surface area (Å²) in [5.74, 6) is -2.00. The van der Waals surface area contributed by atoms with Crippen molar-refractivity contribution in [3.63, 3.8) is 0 Å². The van der Waals surface area contributed by atoms with Crippen LogP contribution in [0.25, 0.3) is 0 Å². The van der Waals surface area contributed by atoms with E-state index < -0.39 is 17.7 Å². The Morgan fingerprint density at radius 2 is 1.72 bits per heavy atom. The third kappa shape index (κ3) is 7.71. The number of hydrogen-bond acceptors (Lipinski definition) is 5. The summed E-state index contributed by atoms with van der Waals surface area (Å²) in [6.45, 7) is 1.41. The van der Waals surface area contributed by atoms with Crippen LogP contribution in [-0.4, -0.2) is 30.5 Å². The van der Waals surface area contributed by atoms with Crippen molar-refractivity contribution in [1.82, 2.24) is 10.7 Å². The molecule has 3 aromatic rings. The number of amides is 3. The van der Waals surface area contributed by atoms with Gasteiger partial charge in [0.05, 0.1) is 28.0 Å². The maximum absolute atomic E-state index is 12.3. The molecule has 11 heteroatoms. The molecular formula is C25H21Cl3N4O4. The molecule has 0 saturated carbocycles. The fraction of sp³-hybridized carbons (Fsp3) is 0.120. The number of carbonyl (C=O) groups excluding carboxylic acids is 3. The highest BCUT2D eigenvalue weighted by Crippen LogP contribution is 2.29. The van der Waals surface area contributed by atoms with Crippen molar-refractivity contribution in [1.29, 1.82) is 0 Å². The molecule has 0 radical (unpaired) electrons. The standard InChI is InChI=1S/C25H21Cl3N4O4/c1-15(16-6-3-2-4-7-16)30-24(34)25(35)32-29-13-17-12-18(26)10-11-21(17)36-14-22(33)31-20-9-5-8-19(27)23(20)28/h2-13,15H,14H2,1H3,(H,30,34)(H,31,33)(H,32,35)/b29-13-/t15-/m0/s1. The molecule has 0 aliphatic carbocycles. The first-order valence-corrected chi connectivity index (χ1v) is 11.7. The molecule has 0 spiro atoms. The van der Waals surface area contributed by atoms with Crippen molar-refractivity contribution >= 4 is 64.4 Å². The van der Waals surface area contributed by atoms with Crippen LogP contribution in [0.4, 0.5) is 5.69 Å². The second kappa shape index (κ2) is 12.9. The molecule has 1 atom stereocenters. The molecule has 0 bridgehead atoms. The first-order valence-electron chi connectivity index (χ1n) is 10.6. The van der Waals surface area contributed by atoms with Gasteiger partial charge in [0.15, 0.2) is 6.61 Å². The zero-order chi connectivity index (χ0) is 26.1. The highest BCUT2D eigenvalue weighted by Gasteiger charge is 2.16. The lowest BCUT2D eigenvalue weighted by molar-refractivity contribution is -0.139. The SMILES string of the molecule is C[C@H](NC(=O)C(=O)N/N=C\c1cc(Cl)ccc1OCC(=O)Nc1cccc(Cl)c1Cl)c1ccccc1. The fourth-order valence-corrected chi connectivity index (χ4v) is 3.51. The van der Waals surface area contributed by atoms with E-state index in [2.05, 4.69) is 21.2 Å². The number of hydrazone groups is 1. The quantitative estimate of drug-likeness (QED) is 0.210. The van der Waals surface area contributed by atoms with Crippen molar-refractivity contribution in [3.8, 4) is 5.75 Å². The predicted molar refractivity (Wildman–Crippen MR) is 141 cm³/mol. The second-order valence-corrected chi connectivity index (χ2v) is 8.65. The Kier molecular flexibility index (Phi) is 9.69. The van der Waals surface area contributed by atoms with E-state index >= 15 is 0 Å². The van der Waals surface area contributed by atoms with Gasteiger partial charge in [0.25, 0.3) is 5.91 Å². The van der Waals surface area contributed by atoms with Crippen LogP contribution >= 0.6 is 34.8 Å². The van der Waals surface area contributed by atoms with Crippen molar-refractivity contribution in [2.24, 2.45) is 5.10 Å². The average molecular weight is 548 g/mol. The Balaban J connectivity index is 1.57. The Morgan fingerprint density at radius 1 is 0.972 bits per heavy atom. The van der Waals surface area contributed by atoms with Gasteiger partial charge < -0.3 is 15.4 Å². The van der Waals surface area contributed by atoms with Gasteiger partial charge in [-0.25, -0.2) is 5.43 Å². The third-order valence-electron chi connectivity index (χ3n) is 4.78. The van der Waals surface area contributed by atoms with Crippen molar-refractivity contribution < 1.29 is 19.1 Å². The van der Waals surface area contributed by atoms with E-state index in [9.17, 15) is 14.4 Å². The summed E-state index contributed by atoms with van der Waals surface area (Å²) >= 11 is 18.1. The molecule has 3 aromatic carbocycles. The van der Waals surface area contributed by atoms with Crippen LogP contribution in [0.5, 0.6) is 5.75 Å². The van der Waals surface area contributed by atoms with Crippen molar-refractivity contribution in [2.75, 3.05) is 11.9 Å². The molecule has 186 valence electrons. The molecule has 0 fully saturated rings. The smallest absolute Gasteiger partial charge is 0.329 e. The van der Waals surface area contributed by atoms with Crippen LogP contribution in [0.3, 0.4) is 0 Å². The van der Waals surface area contributed by atoms with Gasteiger partial charge in [-0.15, -0.1) is 0 Å². The summed E-state index contributed by atoms with van der Waals surface area (Å²) in [6, 6.07) is 18.3. The normalized spacial score (nSPS) is 11.6. The third-order valence-corrected chi connectivity index (χ3v) is 5.83. The number of anilines is 1. The molecule has 3 rings (SSSR count). The van der Waals surface area contributed by atoms with Crippen molar-refractivity contribution in [2.45, 2.75) is 13.0 Å². The monoisotopic (exact) mass is 546 g/mol. The number of carbonyl (C=O) groups is 3. The van der Waals surface area contributed by atoms with Gasteiger partial charge in [-0.3, -0.25) is 14.4 Å². The number of nitrogens with one attached hydrogen (secondary N) is 3. The molecule has 3 amide bonds. The van der Waals surface area contributed by atoms with E-state index in [0.29, 0.717) is 21.3 Å². The topological polar surface area (TPSA) is 109 Å². The van der Waals surface area contributed by atoms with Crippen LogP contribution in [0, 0.1) is 0 Å². The van der Waals surface area contributed by atoms with E-state index in [0.717, 1.165) is 5.56 Å². The molecule has 8 nitrogen and oxygen atoms in total. The van der Waals surface area contributed by atoms with Gasteiger partial charge >= 0.3 is 11.8 Å². The predicted octanol–water partition coefficient (Wildman–Crippen LogP) is 4.99. The highest BCUT2D eigenvalue weighted by molar-refractivity contribution is 6.44. The van der Waals surface area contributed by atoms with Gasteiger partial charge in [0.2, 0.25) is 0 Å². The van der Waals surface area contributed by atoms with E-state index in [1.165, 1.54) is 12.3 Å². The lowest BCUT2D eigenvalue weighted by Crippen LogP contribution is -2.39. The minimum atomic E-state index is -0.948. The summed E-state index contributed by atoms with van der Waals surface area (Å²) in [6.07, 6.45) is 1.25. The van der Waals surface area contributed by atoms with E-state index in [4.69, 9.17) is 39.5 Å². The Bertz CT molecular complexity index is 1290. The zero-order valence-corrected chi connectivity index (χ0v) is 21.2. The second-order valence-electron chi connectivity index (χ2n) is 7.43. The molecule has 0 heterocycles. The zero-order valence-electron chi connectivity index (χ0n) is 18.9. The maximum Gasteiger partial charge on any atom is 0.329 e. The van der Waals surface area contributed by atoms with E-state index in [-0.39, 0.29) is 23.4 Å². The van der Waals surface area contributed by atoms with Crippen molar-refractivity contribution in [3.05, 3.63) is 92.9 Å². The summed E-state index contributed by atoms with van der Waals surface area (Å²) in [5.41, 5.74) is 3.72. The number of benzene rings is 3. The van der Waals surface area contributed by atoms with Gasteiger partial charge in [-0.05, 0) is 42.8 Å². The fourth-order valence-electron chi connectivity index (χ4n) is 2.98. The molecular weight excluding hydrogens is 527 g/mol. The number of rotatable bonds is 8. The minimum absolute atomic E-state index is 0.213. The summed E-state index contributed by atoms with van der Waals surface area (Å²) in [7, 11) is 0. The summed E-state index contributed by atoms with van der Waals surface area (Å²) in [4.78, 5) is 36.6. The highest BCUT2D eigenvalue weighted by atomic mass is 35.5. The number of hydrogen-bond donors (Lipinski definition) is 3. The number of halogens is 3. The summed E-state index contributed by atoms with van der Waals surface area (Å²) < 4.78 is 5.57. The van der Waals surface area contributed by atoms with Crippen LogP contribution < -0.4 is 20.8 Å². The van der Waals surface area contributed by atoms with E-state index in [1.54, 1.807) is 37.3 Å². The molecule has 0 aromatic heterocycles. The van der Waals surface area contributed by atoms with Crippen LogP contribution in [0.1, 0.15) is 24.1 Å². The van der Waals surface area contributed by atoms with Crippen LogP contribution in [-0.2, 0) is 14.4 Å². The molecule has 3 N–H and O–H groups in total. The first kappa shape index (κ1) is 27.0. The maximum atomic E-state index is 12.3. The van der Waals surface area contributed by atoms with Gasteiger partial charge in [-0.2, -0.15) is 5.10 Å². The number of ether oxygens (including phenoxy) is 1. The lowest BCUT2D eigenvalue weighted by atomic mass is 10.1. The Hall–Kier alpha value is -3.59. The molecule has 0 aliphatic heterocycles.